The van der Waals surface area contributed by atoms with Crippen LogP contribution in [0.25, 0.3) is 21.0 Å². The summed E-state index contributed by atoms with van der Waals surface area (Å²) < 4.78 is 14.5. The lowest BCUT2D eigenvalue weighted by molar-refractivity contribution is 0.639. The number of nitrogen functional groups attached to an aromatic ring is 1. The van der Waals surface area contributed by atoms with Crippen LogP contribution in [0.1, 0.15) is 67.3 Å². The third-order valence-electron chi connectivity index (χ3n) is 5.38. The molecule has 0 amide bonds. The Balaban J connectivity index is 0.000000176. The number of nitrogens with zero attached hydrogens (tertiary/aromatic N) is 2. The quantitative estimate of drug-likeness (QED) is 0.354. The topological polar surface area (TPSA) is 89.4 Å². The van der Waals surface area contributed by atoms with Crippen molar-refractivity contribution in [3.8, 4) is 12.1 Å². The number of H-pyrrole nitrogens is 1. The van der Waals surface area contributed by atoms with E-state index in [9.17, 15) is 4.39 Å². The van der Waals surface area contributed by atoms with Gasteiger partial charge in [-0.2, -0.15) is 10.5 Å². The molecule has 0 spiro atoms. The number of hydrogen-bond donors (Lipinski definition) is 2. The van der Waals surface area contributed by atoms with Crippen LogP contribution < -0.4 is 5.73 Å². The molecule has 2 aromatic heterocycles. The summed E-state index contributed by atoms with van der Waals surface area (Å²) in [7, 11) is 0. The zero-order chi connectivity index (χ0) is 22.9. The molecule has 0 fully saturated rings. The second-order valence-corrected chi connectivity index (χ2v) is 9.19. The average molecular weight is 433 g/mol. The van der Waals surface area contributed by atoms with Crippen LogP contribution in [0.15, 0.2) is 30.5 Å². The zero-order valence-electron chi connectivity index (χ0n) is 18.3. The van der Waals surface area contributed by atoms with Crippen molar-refractivity contribution in [1.29, 1.82) is 10.5 Å². The first-order valence-electron chi connectivity index (χ1n) is 10.1. The van der Waals surface area contributed by atoms with Gasteiger partial charge < -0.3 is 10.7 Å². The highest BCUT2D eigenvalue weighted by Gasteiger charge is 2.17. The molecule has 0 aliphatic heterocycles. The van der Waals surface area contributed by atoms with E-state index in [1.165, 1.54) is 28.5 Å². The molecule has 2 aromatic carbocycles. The molecule has 2 heterocycles. The van der Waals surface area contributed by atoms with Gasteiger partial charge >= 0.3 is 0 Å². The molecule has 4 nitrogen and oxygen atoms in total. The number of hydrogen-bond acceptors (Lipinski definition) is 4. The van der Waals surface area contributed by atoms with Gasteiger partial charge in [0.25, 0.3) is 0 Å². The maximum atomic E-state index is 13.7. The number of nitriles is 2. The first-order chi connectivity index (χ1) is 14.7. The van der Waals surface area contributed by atoms with Crippen molar-refractivity contribution in [1.82, 2.24) is 4.98 Å². The Morgan fingerprint density at radius 2 is 1.71 bits per heavy atom. The molecule has 0 saturated carbocycles. The molecule has 6 heteroatoms. The minimum absolute atomic E-state index is 0.264. The van der Waals surface area contributed by atoms with Gasteiger partial charge in [0.2, 0.25) is 0 Å². The van der Waals surface area contributed by atoms with Gasteiger partial charge in [-0.25, -0.2) is 4.39 Å². The minimum atomic E-state index is -0.371. The predicted molar refractivity (Wildman–Crippen MR) is 127 cm³/mol. The summed E-state index contributed by atoms with van der Waals surface area (Å²) in [6, 6.07) is 11.5. The van der Waals surface area contributed by atoms with Crippen molar-refractivity contribution >= 4 is 37.3 Å². The maximum Gasteiger partial charge on any atom is 0.133 e. The number of halogens is 1. The standard InChI is InChI=1S/C13H14N2.C12H11FN2S/c1-8(2)12-9(3)4-5-11-13(12)10(6-14)7-15-11;1-6(2)7-3-4-9(13)10-8(5-14)12(15)16-11(7)10/h4-5,7-8,15H,1-3H3;3-4,6H,15H2,1-2H3. The molecule has 0 saturated heterocycles. The largest absolute Gasteiger partial charge is 0.389 e. The Morgan fingerprint density at radius 1 is 1.00 bits per heavy atom. The third-order valence-corrected chi connectivity index (χ3v) is 6.45. The first-order valence-corrected chi connectivity index (χ1v) is 10.9. The number of rotatable bonds is 2. The lowest BCUT2D eigenvalue weighted by Gasteiger charge is -2.11. The van der Waals surface area contributed by atoms with E-state index in [-0.39, 0.29) is 17.3 Å². The van der Waals surface area contributed by atoms with E-state index in [0.717, 1.165) is 26.7 Å². The average Bonchev–Trinajstić information content (AvgIpc) is 3.28. The highest BCUT2D eigenvalue weighted by atomic mass is 32.1. The van der Waals surface area contributed by atoms with Crippen LogP contribution >= 0.6 is 11.3 Å². The molecule has 0 aliphatic carbocycles. The van der Waals surface area contributed by atoms with Gasteiger partial charge in [0.05, 0.1) is 11.1 Å². The predicted octanol–water partition coefficient (Wildman–Crippen LogP) is 7.09. The lowest BCUT2D eigenvalue weighted by Crippen LogP contribution is -1.93. The van der Waals surface area contributed by atoms with Crippen molar-refractivity contribution in [2.24, 2.45) is 0 Å². The van der Waals surface area contributed by atoms with E-state index >= 15 is 0 Å². The van der Waals surface area contributed by atoms with Crippen molar-refractivity contribution in [3.05, 3.63) is 64.1 Å². The number of aromatic amines is 1. The molecule has 4 rings (SSSR count). The number of nitrogens with one attached hydrogen (secondary N) is 1. The van der Waals surface area contributed by atoms with E-state index < -0.39 is 0 Å². The van der Waals surface area contributed by atoms with Crippen LogP contribution in [0, 0.1) is 35.4 Å². The summed E-state index contributed by atoms with van der Waals surface area (Å²) in [5.74, 6) is 0.355. The fourth-order valence-electron chi connectivity index (χ4n) is 3.96. The van der Waals surface area contributed by atoms with E-state index in [1.807, 2.05) is 26.0 Å². The molecule has 0 aliphatic rings. The summed E-state index contributed by atoms with van der Waals surface area (Å²) in [5, 5.41) is 19.9. The van der Waals surface area contributed by atoms with Gasteiger partial charge in [0.1, 0.15) is 23.0 Å². The van der Waals surface area contributed by atoms with Crippen LogP contribution in [0.5, 0.6) is 0 Å². The number of thiophene rings is 1. The lowest BCUT2D eigenvalue weighted by atomic mass is 9.93. The Hall–Kier alpha value is -3.35. The van der Waals surface area contributed by atoms with Crippen molar-refractivity contribution in [2.75, 3.05) is 5.73 Å². The fraction of sp³-hybridized carbons (Fsp3) is 0.280. The maximum absolute atomic E-state index is 13.7. The van der Waals surface area contributed by atoms with Crippen LogP contribution in [0.4, 0.5) is 9.39 Å². The highest BCUT2D eigenvalue weighted by Crippen LogP contribution is 2.39. The van der Waals surface area contributed by atoms with Crippen LogP contribution in [0.3, 0.4) is 0 Å². The van der Waals surface area contributed by atoms with E-state index in [2.05, 4.69) is 37.9 Å². The monoisotopic (exact) mass is 432 g/mol. The Kier molecular flexibility index (Phi) is 6.34. The summed E-state index contributed by atoms with van der Waals surface area (Å²) in [4.78, 5) is 3.14. The molecular formula is C25H25FN4S. The molecule has 4 aromatic rings. The number of anilines is 1. The van der Waals surface area contributed by atoms with Crippen molar-refractivity contribution in [3.63, 3.8) is 0 Å². The molecular weight excluding hydrogens is 407 g/mol. The first kappa shape index (κ1) is 22.3. The van der Waals surface area contributed by atoms with Gasteiger partial charge in [0, 0.05) is 27.2 Å². The van der Waals surface area contributed by atoms with Crippen molar-refractivity contribution < 1.29 is 4.39 Å². The Morgan fingerprint density at radius 3 is 2.29 bits per heavy atom. The van der Waals surface area contributed by atoms with Gasteiger partial charge in [-0.3, -0.25) is 0 Å². The number of benzene rings is 2. The molecule has 0 radical (unpaired) electrons. The Labute approximate surface area is 185 Å². The smallest absolute Gasteiger partial charge is 0.133 e. The molecule has 31 heavy (non-hydrogen) atoms. The second kappa shape index (κ2) is 8.79. The fourth-order valence-corrected chi connectivity index (χ4v) is 5.15. The summed E-state index contributed by atoms with van der Waals surface area (Å²) in [6.45, 7) is 10.5. The van der Waals surface area contributed by atoms with Gasteiger partial charge in [-0.1, -0.05) is 39.8 Å². The van der Waals surface area contributed by atoms with E-state index in [1.54, 1.807) is 12.3 Å². The van der Waals surface area contributed by atoms with Gasteiger partial charge in [-0.05, 0) is 47.6 Å². The number of aryl methyl sites for hydroxylation is 1. The molecule has 3 N–H and O–H groups in total. The van der Waals surface area contributed by atoms with Crippen molar-refractivity contribution in [2.45, 2.75) is 46.5 Å². The summed E-state index contributed by atoms with van der Waals surface area (Å²) in [5.41, 5.74) is 11.4. The van der Waals surface area contributed by atoms with Gasteiger partial charge in [-0.15, -0.1) is 11.3 Å². The van der Waals surface area contributed by atoms with E-state index in [4.69, 9.17) is 16.3 Å². The third kappa shape index (κ3) is 4.00. The molecule has 0 bridgehead atoms. The number of aromatic nitrogens is 1. The Bertz CT molecular complexity index is 1350. The zero-order valence-corrected chi connectivity index (χ0v) is 19.1. The number of fused-ring (bicyclic) bond motifs is 2. The number of nitrogens with two attached hydrogens (primary N) is 1. The summed E-state index contributed by atoms with van der Waals surface area (Å²) >= 11 is 1.29. The summed E-state index contributed by atoms with van der Waals surface area (Å²) in [6.07, 6.45) is 1.79. The molecule has 0 atom stereocenters. The minimum Gasteiger partial charge on any atom is -0.389 e. The molecule has 158 valence electrons. The normalized spacial score (nSPS) is 10.9. The van der Waals surface area contributed by atoms with Gasteiger partial charge in [0.15, 0.2) is 0 Å². The second-order valence-electron chi connectivity index (χ2n) is 8.14. The molecule has 0 unspecified atom stereocenters. The van der Waals surface area contributed by atoms with Crippen LogP contribution in [-0.2, 0) is 0 Å². The highest BCUT2D eigenvalue weighted by molar-refractivity contribution is 7.23. The van der Waals surface area contributed by atoms with Crippen LogP contribution in [-0.4, -0.2) is 4.98 Å². The van der Waals surface area contributed by atoms with Crippen LogP contribution in [0.2, 0.25) is 0 Å². The SMILES string of the molecule is CC(C)c1ccc(F)c2c(C#N)c(N)sc12.Cc1ccc2[nH]cc(C#N)c2c1C(C)C. The van der Waals surface area contributed by atoms with E-state index in [0.29, 0.717) is 16.3 Å².